The molecule has 1 unspecified atom stereocenters. The molecule has 0 aromatic heterocycles. The van der Waals surface area contributed by atoms with E-state index < -0.39 is 0 Å². The Labute approximate surface area is 114 Å². The van der Waals surface area contributed by atoms with Gasteiger partial charge in [-0.05, 0) is 49.6 Å². The molecular weight excluding hydrogens is 236 g/mol. The van der Waals surface area contributed by atoms with E-state index in [-0.39, 0.29) is 11.5 Å². The molecule has 1 atom stereocenters. The summed E-state index contributed by atoms with van der Waals surface area (Å²) in [5, 5.41) is 9.65. The number of hydrogen-bond acceptors (Lipinski definition) is 3. The number of nitrogens with zero attached hydrogens (tertiary/aromatic N) is 2. The number of benzene rings is 1. The summed E-state index contributed by atoms with van der Waals surface area (Å²) < 4.78 is 5.36. The average Bonchev–Trinajstić information content (AvgIpc) is 2.40. The number of fused-ring (bicyclic) bond motifs is 1. The predicted molar refractivity (Wildman–Crippen MR) is 74.0 cm³/mol. The lowest BCUT2D eigenvalue weighted by Crippen LogP contribution is -2.46. The standard InChI is InChI=1S/C16H20N2O/c1-18-9-6-12-4-5-13(19-2)10-14(12)15(18)16(11-17)7-3-8-16/h4-5,10,15H,3,6-9H2,1-2H3. The third kappa shape index (κ3) is 1.82. The number of methoxy groups -OCH3 is 1. The molecule has 2 aliphatic rings. The molecule has 3 rings (SSSR count). The van der Waals surface area contributed by atoms with Crippen molar-refractivity contribution in [1.82, 2.24) is 4.90 Å². The number of nitriles is 1. The van der Waals surface area contributed by atoms with Crippen LogP contribution < -0.4 is 4.74 Å². The van der Waals surface area contributed by atoms with Crippen molar-refractivity contribution in [2.75, 3.05) is 20.7 Å². The molecule has 1 aliphatic carbocycles. The van der Waals surface area contributed by atoms with E-state index >= 15 is 0 Å². The van der Waals surface area contributed by atoms with E-state index in [1.54, 1.807) is 7.11 Å². The molecule has 1 saturated carbocycles. The molecule has 3 nitrogen and oxygen atoms in total. The van der Waals surface area contributed by atoms with Crippen molar-refractivity contribution in [3.63, 3.8) is 0 Å². The van der Waals surface area contributed by atoms with Crippen LogP contribution in [0.15, 0.2) is 18.2 Å². The van der Waals surface area contributed by atoms with Gasteiger partial charge in [-0.1, -0.05) is 12.5 Å². The van der Waals surface area contributed by atoms with E-state index in [1.165, 1.54) is 17.5 Å². The predicted octanol–water partition coefficient (Wildman–Crippen LogP) is 2.92. The van der Waals surface area contributed by atoms with Crippen LogP contribution in [-0.2, 0) is 6.42 Å². The Morgan fingerprint density at radius 1 is 1.42 bits per heavy atom. The molecule has 1 aliphatic heterocycles. The largest absolute Gasteiger partial charge is 0.497 e. The molecule has 1 aromatic rings. The third-order valence-corrected chi connectivity index (χ3v) is 4.81. The van der Waals surface area contributed by atoms with Crippen LogP contribution in [0.5, 0.6) is 5.75 Å². The number of likely N-dealkylation sites (N-methyl/N-ethyl adjacent to an activating group) is 1. The fourth-order valence-corrected chi connectivity index (χ4v) is 3.57. The minimum absolute atomic E-state index is 0.184. The summed E-state index contributed by atoms with van der Waals surface area (Å²) in [6.07, 6.45) is 4.29. The topological polar surface area (TPSA) is 36.3 Å². The molecule has 100 valence electrons. The van der Waals surface area contributed by atoms with Gasteiger partial charge in [0.25, 0.3) is 0 Å². The highest BCUT2D eigenvalue weighted by atomic mass is 16.5. The lowest BCUT2D eigenvalue weighted by atomic mass is 9.61. The van der Waals surface area contributed by atoms with Gasteiger partial charge in [-0.15, -0.1) is 0 Å². The van der Waals surface area contributed by atoms with Crippen molar-refractivity contribution in [3.8, 4) is 11.8 Å². The van der Waals surface area contributed by atoms with Gasteiger partial charge in [0, 0.05) is 6.54 Å². The van der Waals surface area contributed by atoms with Crippen molar-refractivity contribution >= 4 is 0 Å². The van der Waals surface area contributed by atoms with Gasteiger partial charge in [-0.3, -0.25) is 4.90 Å². The Bertz CT molecular complexity index is 528. The van der Waals surface area contributed by atoms with Crippen molar-refractivity contribution in [1.29, 1.82) is 5.26 Å². The van der Waals surface area contributed by atoms with Crippen molar-refractivity contribution in [3.05, 3.63) is 29.3 Å². The summed E-state index contributed by atoms with van der Waals surface area (Å²) in [5.41, 5.74) is 2.50. The Morgan fingerprint density at radius 2 is 2.21 bits per heavy atom. The maximum Gasteiger partial charge on any atom is 0.119 e. The fourth-order valence-electron chi connectivity index (χ4n) is 3.57. The summed E-state index contributed by atoms with van der Waals surface area (Å²) in [6, 6.07) is 9.16. The van der Waals surface area contributed by atoms with E-state index in [0.717, 1.165) is 31.6 Å². The molecule has 3 heteroatoms. The minimum atomic E-state index is -0.184. The summed E-state index contributed by atoms with van der Waals surface area (Å²) >= 11 is 0. The molecule has 1 fully saturated rings. The van der Waals surface area contributed by atoms with Gasteiger partial charge in [0.2, 0.25) is 0 Å². The lowest BCUT2D eigenvalue weighted by Gasteiger charge is -2.48. The number of hydrogen-bond donors (Lipinski definition) is 0. The average molecular weight is 256 g/mol. The van der Waals surface area contributed by atoms with E-state index in [1.807, 2.05) is 6.07 Å². The molecule has 1 heterocycles. The lowest BCUT2D eigenvalue weighted by molar-refractivity contribution is 0.0519. The Kier molecular flexibility index (Phi) is 2.99. The monoisotopic (exact) mass is 256 g/mol. The van der Waals surface area contributed by atoms with E-state index in [4.69, 9.17) is 4.74 Å². The zero-order valence-electron chi connectivity index (χ0n) is 11.6. The van der Waals surface area contributed by atoms with Gasteiger partial charge < -0.3 is 4.74 Å². The van der Waals surface area contributed by atoms with Gasteiger partial charge in [-0.25, -0.2) is 0 Å². The van der Waals surface area contributed by atoms with Crippen LogP contribution >= 0.6 is 0 Å². The SMILES string of the molecule is COc1ccc2c(c1)C(C1(C#N)CCC1)N(C)CC2. The molecular formula is C16H20N2O. The minimum Gasteiger partial charge on any atom is -0.497 e. The molecule has 0 bridgehead atoms. The molecule has 0 amide bonds. The van der Waals surface area contributed by atoms with Crippen LogP contribution in [0, 0.1) is 16.7 Å². The zero-order valence-corrected chi connectivity index (χ0v) is 11.6. The first-order valence-corrected chi connectivity index (χ1v) is 6.98. The number of ether oxygens (including phenoxy) is 1. The molecule has 19 heavy (non-hydrogen) atoms. The van der Waals surface area contributed by atoms with E-state index in [9.17, 15) is 5.26 Å². The summed E-state index contributed by atoms with van der Waals surface area (Å²) in [5.74, 6) is 0.895. The van der Waals surface area contributed by atoms with Crippen molar-refractivity contribution in [2.45, 2.75) is 31.7 Å². The van der Waals surface area contributed by atoms with Crippen molar-refractivity contribution < 1.29 is 4.74 Å². The first-order chi connectivity index (χ1) is 9.20. The normalized spacial score (nSPS) is 25.0. The van der Waals surface area contributed by atoms with E-state index in [2.05, 4.69) is 30.1 Å². The van der Waals surface area contributed by atoms with Crippen LogP contribution in [0.2, 0.25) is 0 Å². The maximum absolute atomic E-state index is 9.65. The third-order valence-electron chi connectivity index (χ3n) is 4.81. The first kappa shape index (κ1) is 12.5. The van der Waals surface area contributed by atoms with Crippen molar-refractivity contribution in [2.24, 2.45) is 5.41 Å². The maximum atomic E-state index is 9.65. The molecule has 1 aromatic carbocycles. The fraction of sp³-hybridized carbons (Fsp3) is 0.562. The first-order valence-electron chi connectivity index (χ1n) is 6.98. The van der Waals surface area contributed by atoms with Gasteiger partial charge in [0.05, 0.1) is 24.6 Å². The number of rotatable bonds is 2. The summed E-state index contributed by atoms with van der Waals surface area (Å²) in [7, 11) is 3.84. The van der Waals surface area contributed by atoms with Crippen LogP contribution in [0.3, 0.4) is 0 Å². The summed E-state index contributed by atoms with van der Waals surface area (Å²) in [4.78, 5) is 2.35. The highest BCUT2D eigenvalue weighted by Gasteiger charge is 2.48. The second kappa shape index (κ2) is 4.54. The smallest absolute Gasteiger partial charge is 0.119 e. The summed E-state index contributed by atoms with van der Waals surface area (Å²) in [6.45, 7) is 1.04. The molecule has 0 radical (unpaired) electrons. The van der Waals surface area contributed by atoms with Crippen LogP contribution in [0.4, 0.5) is 0 Å². The zero-order chi connectivity index (χ0) is 13.5. The van der Waals surface area contributed by atoms with Gasteiger partial charge >= 0.3 is 0 Å². The highest BCUT2D eigenvalue weighted by molar-refractivity contribution is 5.42. The molecule has 0 N–H and O–H groups in total. The van der Waals surface area contributed by atoms with Gasteiger partial charge in [-0.2, -0.15) is 5.26 Å². The van der Waals surface area contributed by atoms with Crippen LogP contribution in [-0.4, -0.2) is 25.6 Å². The van der Waals surface area contributed by atoms with E-state index in [0.29, 0.717) is 0 Å². The molecule has 0 saturated heterocycles. The Morgan fingerprint density at radius 3 is 2.79 bits per heavy atom. The Balaban J connectivity index is 2.08. The van der Waals surface area contributed by atoms with Crippen LogP contribution in [0.1, 0.15) is 36.4 Å². The van der Waals surface area contributed by atoms with Gasteiger partial charge in [0.1, 0.15) is 5.75 Å². The second-order valence-corrected chi connectivity index (χ2v) is 5.82. The quantitative estimate of drug-likeness (QED) is 0.816. The van der Waals surface area contributed by atoms with Gasteiger partial charge in [0.15, 0.2) is 0 Å². The highest BCUT2D eigenvalue weighted by Crippen LogP contribution is 2.54. The van der Waals surface area contributed by atoms with Crippen LogP contribution in [0.25, 0.3) is 0 Å². The second-order valence-electron chi connectivity index (χ2n) is 5.82. The Hall–Kier alpha value is -1.53. The molecule has 0 spiro atoms.